The van der Waals surface area contributed by atoms with Gasteiger partial charge >= 0.3 is 24.1 Å². The average Bonchev–Trinajstić information content (AvgIpc) is 3.35. The zero-order valence-corrected chi connectivity index (χ0v) is 27.2. The van der Waals surface area contributed by atoms with Crippen LogP contribution in [0.4, 0.5) is 4.79 Å². The summed E-state index contributed by atoms with van der Waals surface area (Å²) in [5, 5.41) is 12.5. The van der Waals surface area contributed by atoms with Crippen LogP contribution in [0.15, 0.2) is 54.3 Å². The first-order chi connectivity index (χ1) is 22.1. The Morgan fingerprint density at radius 3 is 2.43 bits per heavy atom. The minimum Gasteiger partial charge on any atom is -0.477 e. The Kier molecular flexibility index (Phi) is 8.08. The van der Waals surface area contributed by atoms with E-state index in [-0.39, 0.29) is 29.7 Å². The molecule has 2 aliphatic heterocycles. The van der Waals surface area contributed by atoms with Crippen LogP contribution in [0.2, 0.25) is 0 Å². The summed E-state index contributed by atoms with van der Waals surface area (Å²) >= 11 is 0. The number of likely N-dealkylation sites (N-methyl/N-ethyl adjacent to an activating group) is 1. The van der Waals surface area contributed by atoms with Crippen LogP contribution in [0.3, 0.4) is 0 Å². The fourth-order valence-corrected chi connectivity index (χ4v) is 7.43. The van der Waals surface area contributed by atoms with Crippen LogP contribution in [0, 0.1) is 0 Å². The lowest BCUT2D eigenvalue weighted by Gasteiger charge is -2.61. The third kappa shape index (κ3) is 5.53. The molecule has 47 heavy (non-hydrogen) atoms. The van der Waals surface area contributed by atoms with E-state index in [9.17, 15) is 24.3 Å². The second kappa shape index (κ2) is 11.7. The minimum atomic E-state index is -1.50. The number of carbonyl (C=O) groups is 4. The minimum absolute atomic E-state index is 0.128. The van der Waals surface area contributed by atoms with Gasteiger partial charge in [-0.2, -0.15) is 0 Å². The summed E-state index contributed by atoms with van der Waals surface area (Å²) in [6, 6.07) is 11.6. The lowest BCUT2D eigenvalue weighted by Crippen LogP contribution is -2.74. The van der Waals surface area contributed by atoms with E-state index < -0.39 is 59.0 Å². The lowest BCUT2D eigenvalue weighted by atomic mass is 9.50. The topological polar surface area (TPSA) is 147 Å². The molecule has 1 spiro atoms. The van der Waals surface area contributed by atoms with E-state index in [4.69, 9.17) is 28.4 Å². The lowest BCUT2D eigenvalue weighted by molar-refractivity contribution is -0.181. The van der Waals surface area contributed by atoms with Gasteiger partial charge in [0.05, 0.1) is 11.0 Å². The van der Waals surface area contributed by atoms with Gasteiger partial charge in [0.25, 0.3) is 0 Å². The summed E-state index contributed by atoms with van der Waals surface area (Å²) in [6.45, 7) is 8.32. The number of hydrogen-bond acceptors (Lipinski definition) is 12. The van der Waals surface area contributed by atoms with Gasteiger partial charge < -0.3 is 38.4 Å². The van der Waals surface area contributed by atoms with Crippen molar-refractivity contribution in [1.82, 2.24) is 4.90 Å². The van der Waals surface area contributed by atoms with Crippen LogP contribution in [-0.2, 0) is 45.2 Å². The van der Waals surface area contributed by atoms with E-state index in [0.717, 1.165) is 18.1 Å². The molecule has 6 atom stereocenters. The molecule has 2 aromatic rings. The van der Waals surface area contributed by atoms with Gasteiger partial charge in [0, 0.05) is 30.5 Å². The molecule has 1 N–H and O–H groups in total. The van der Waals surface area contributed by atoms with Crippen LogP contribution in [0.1, 0.15) is 70.3 Å². The Morgan fingerprint density at radius 2 is 1.74 bits per heavy atom. The summed E-state index contributed by atoms with van der Waals surface area (Å²) < 4.78 is 34.2. The Morgan fingerprint density at radius 1 is 1.02 bits per heavy atom. The van der Waals surface area contributed by atoms with Crippen molar-refractivity contribution in [2.75, 3.05) is 13.6 Å². The normalized spacial score (nSPS) is 26.8. The average molecular weight is 650 g/mol. The van der Waals surface area contributed by atoms with Crippen LogP contribution in [-0.4, -0.2) is 77.1 Å². The fourth-order valence-electron chi connectivity index (χ4n) is 7.43. The summed E-state index contributed by atoms with van der Waals surface area (Å²) in [6.07, 6.45) is -1.84. The second-order valence-electron chi connectivity index (χ2n) is 13.5. The first kappa shape index (κ1) is 32.5. The van der Waals surface area contributed by atoms with Crippen LogP contribution < -0.4 is 9.47 Å². The Hall–Kier alpha value is -4.42. The van der Waals surface area contributed by atoms with Crippen molar-refractivity contribution in [1.29, 1.82) is 0 Å². The van der Waals surface area contributed by atoms with Gasteiger partial charge in [-0.3, -0.25) is 4.79 Å². The number of carbonyl (C=O) groups excluding carboxylic acids is 4. The number of likely N-dealkylation sites (tertiary alicyclic amines) is 1. The molecule has 12 heteroatoms. The predicted octanol–water partition coefficient (Wildman–Crippen LogP) is 4.06. The maximum absolute atomic E-state index is 13.9. The van der Waals surface area contributed by atoms with E-state index in [1.807, 2.05) is 13.1 Å². The summed E-state index contributed by atoms with van der Waals surface area (Å²) in [5.74, 6) is -1.96. The third-order valence-electron chi connectivity index (χ3n) is 9.36. The molecule has 6 rings (SSSR count). The van der Waals surface area contributed by atoms with E-state index in [0.29, 0.717) is 24.9 Å². The molecule has 1 unspecified atom stereocenters. The molecule has 0 saturated carbocycles. The summed E-state index contributed by atoms with van der Waals surface area (Å²) in [7, 11) is 1.97. The van der Waals surface area contributed by atoms with Crippen molar-refractivity contribution < 1.29 is 52.7 Å². The monoisotopic (exact) mass is 649 g/mol. The Labute approximate surface area is 272 Å². The van der Waals surface area contributed by atoms with Gasteiger partial charge in [-0.15, -0.1) is 0 Å². The maximum Gasteiger partial charge on any atom is 0.514 e. The molecule has 2 bridgehead atoms. The van der Waals surface area contributed by atoms with Gasteiger partial charge in [-0.1, -0.05) is 36.4 Å². The highest BCUT2D eigenvalue weighted by molar-refractivity contribution is 5.84. The molecule has 0 amide bonds. The standard InChI is InChI=1S/C35H39NO11/c1-19(42-20(2)37)30(38)46-27(21-10-8-7-9-11-21)31(39)43-24-14-15-35(41)25-18-22-12-13-23(44-32(40)47-33(3,4)5)28-26(22)34(35,29(24)45-28)16-17-36(25)6/h7-14,19,25,27,29,41H,15-18H2,1-6H3/t19?,25-,27-,29-,34-,35+/m0/s1. The molecule has 4 aliphatic rings. The van der Waals surface area contributed by atoms with Crippen molar-refractivity contribution in [3.63, 3.8) is 0 Å². The molecular formula is C35H39NO11. The molecule has 2 heterocycles. The fraction of sp³-hybridized carbons (Fsp3) is 0.486. The highest BCUT2D eigenvalue weighted by Crippen LogP contribution is 2.65. The smallest absolute Gasteiger partial charge is 0.477 e. The first-order valence-corrected chi connectivity index (χ1v) is 15.7. The maximum atomic E-state index is 13.9. The van der Waals surface area contributed by atoms with Crippen LogP contribution >= 0.6 is 0 Å². The highest BCUT2D eigenvalue weighted by atomic mass is 16.7. The molecule has 1 saturated heterocycles. The number of rotatable bonds is 7. The van der Waals surface area contributed by atoms with Gasteiger partial charge in [0.15, 0.2) is 23.7 Å². The molecule has 0 aromatic heterocycles. The zero-order valence-electron chi connectivity index (χ0n) is 27.2. The molecule has 2 aliphatic carbocycles. The van der Waals surface area contributed by atoms with Gasteiger partial charge in [-0.25, -0.2) is 14.4 Å². The number of esters is 3. The first-order valence-electron chi connectivity index (χ1n) is 15.7. The highest BCUT2D eigenvalue weighted by Gasteiger charge is 2.72. The summed E-state index contributed by atoms with van der Waals surface area (Å²) in [5.41, 5.74) is -1.13. The van der Waals surface area contributed by atoms with Crippen molar-refractivity contribution in [2.24, 2.45) is 0 Å². The van der Waals surface area contributed by atoms with Crippen molar-refractivity contribution in [2.45, 2.75) is 94.9 Å². The van der Waals surface area contributed by atoms with E-state index in [1.54, 1.807) is 63.2 Å². The Balaban J connectivity index is 1.36. The number of benzene rings is 2. The van der Waals surface area contributed by atoms with Gasteiger partial charge in [-0.05, 0) is 71.8 Å². The number of nitrogens with zero attached hydrogens (tertiary/aromatic N) is 1. The van der Waals surface area contributed by atoms with Crippen molar-refractivity contribution >= 4 is 24.1 Å². The van der Waals surface area contributed by atoms with Gasteiger partial charge in [0.2, 0.25) is 6.10 Å². The van der Waals surface area contributed by atoms with E-state index >= 15 is 0 Å². The predicted molar refractivity (Wildman–Crippen MR) is 164 cm³/mol. The SMILES string of the molecule is CC(=O)OC(C)C(=O)O[C@H](C(=O)OC1=CC[C@@]2(O)[C@@H]3Cc4ccc(OC(=O)OC(C)(C)C)c5c4[C@@]2(CCN3C)[C@H]1O5)c1ccccc1. The zero-order chi connectivity index (χ0) is 33.9. The van der Waals surface area contributed by atoms with Gasteiger partial charge in [0.1, 0.15) is 11.4 Å². The van der Waals surface area contributed by atoms with E-state index in [2.05, 4.69) is 4.90 Å². The summed E-state index contributed by atoms with van der Waals surface area (Å²) in [4.78, 5) is 53.1. The molecule has 2 aromatic carbocycles. The second-order valence-corrected chi connectivity index (χ2v) is 13.5. The number of aliphatic hydroxyl groups is 1. The van der Waals surface area contributed by atoms with Crippen LogP contribution in [0.25, 0.3) is 0 Å². The molecule has 0 radical (unpaired) electrons. The van der Waals surface area contributed by atoms with Crippen LogP contribution in [0.5, 0.6) is 11.5 Å². The quantitative estimate of drug-likeness (QED) is 0.262. The largest absolute Gasteiger partial charge is 0.514 e. The van der Waals surface area contributed by atoms with Crippen molar-refractivity contribution in [3.05, 3.63) is 71.0 Å². The number of piperidine rings is 1. The molecular weight excluding hydrogens is 610 g/mol. The Bertz CT molecular complexity index is 1650. The number of ether oxygens (including phenoxy) is 6. The molecule has 250 valence electrons. The molecule has 12 nitrogen and oxygen atoms in total. The van der Waals surface area contributed by atoms with Crippen molar-refractivity contribution in [3.8, 4) is 11.5 Å². The van der Waals surface area contributed by atoms with E-state index in [1.165, 1.54) is 6.92 Å². The number of hydrogen-bond donors (Lipinski definition) is 1. The third-order valence-corrected chi connectivity index (χ3v) is 9.36. The molecule has 1 fully saturated rings.